The van der Waals surface area contributed by atoms with Crippen molar-refractivity contribution in [1.29, 1.82) is 0 Å². The van der Waals surface area contributed by atoms with E-state index in [1.165, 1.54) is 36.6 Å². The number of carboxylic acid groups (broad SMARTS) is 1. The summed E-state index contributed by atoms with van der Waals surface area (Å²) < 4.78 is 1.19. The van der Waals surface area contributed by atoms with Crippen molar-refractivity contribution in [3.63, 3.8) is 0 Å². The van der Waals surface area contributed by atoms with Gasteiger partial charge in [0.2, 0.25) is 0 Å². The van der Waals surface area contributed by atoms with Gasteiger partial charge in [0, 0.05) is 12.6 Å². The van der Waals surface area contributed by atoms with E-state index in [1.54, 1.807) is 0 Å². The summed E-state index contributed by atoms with van der Waals surface area (Å²) in [5.41, 5.74) is 0.251. The molecule has 2 aliphatic rings. The number of aliphatic carboxylic acids is 1. The summed E-state index contributed by atoms with van der Waals surface area (Å²) in [6.45, 7) is 0.498. The summed E-state index contributed by atoms with van der Waals surface area (Å²) in [5, 5.41) is 16.3. The zero-order chi connectivity index (χ0) is 14.8. The molecular formula is C14H20N4O3. The van der Waals surface area contributed by atoms with Crippen LogP contribution in [0.15, 0.2) is 6.20 Å². The molecule has 1 aromatic rings. The molecule has 1 aromatic heterocycles. The molecule has 0 spiro atoms. The zero-order valence-corrected chi connectivity index (χ0v) is 11.9. The van der Waals surface area contributed by atoms with Crippen LogP contribution in [0.25, 0.3) is 0 Å². The van der Waals surface area contributed by atoms with Gasteiger partial charge in [-0.15, -0.1) is 5.10 Å². The number of carbonyl (C=O) groups excluding carboxylic acids is 1. The first-order valence-corrected chi connectivity index (χ1v) is 7.58. The second-order valence-electron chi connectivity index (χ2n) is 5.95. The molecular weight excluding hydrogens is 272 g/mol. The summed E-state index contributed by atoms with van der Waals surface area (Å²) >= 11 is 0. The van der Waals surface area contributed by atoms with Crippen LogP contribution in [0.5, 0.6) is 0 Å². The van der Waals surface area contributed by atoms with Gasteiger partial charge in [0.15, 0.2) is 5.69 Å². The Kier molecular flexibility index (Phi) is 3.90. The number of nitrogens with zero attached hydrogens (tertiary/aromatic N) is 4. The molecule has 114 valence electrons. The largest absolute Gasteiger partial charge is 0.480 e. The Morgan fingerprint density at radius 2 is 2.00 bits per heavy atom. The van der Waals surface area contributed by atoms with E-state index in [1.807, 2.05) is 4.90 Å². The molecule has 1 N–H and O–H groups in total. The molecule has 1 saturated carbocycles. The van der Waals surface area contributed by atoms with Gasteiger partial charge in [-0.1, -0.05) is 18.1 Å². The van der Waals surface area contributed by atoms with Gasteiger partial charge in [-0.05, 0) is 31.6 Å². The minimum Gasteiger partial charge on any atom is -0.480 e. The Balaban J connectivity index is 1.71. The number of rotatable bonds is 4. The Morgan fingerprint density at radius 1 is 1.24 bits per heavy atom. The first kappa shape index (κ1) is 14.0. The van der Waals surface area contributed by atoms with E-state index >= 15 is 0 Å². The van der Waals surface area contributed by atoms with E-state index in [4.69, 9.17) is 5.11 Å². The summed E-state index contributed by atoms with van der Waals surface area (Å²) in [6.07, 6.45) is 8.48. The third-order valence-electron chi connectivity index (χ3n) is 4.56. The van der Waals surface area contributed by atoms with Crippen LogP contribution < -0.4 is 0 Å². The molecule has 21 heavy (non-hydrogen) atoms. The van der Waals surface area contributed by atoms with Crippen LogP contribution in [0.2, 0.25) is 0 Å². The maximum atomic E-state index is 12.6. The highest BCUT2D eigenvalue weighted by Crippen LogP contribution is 2.35. The van der Waals surface area contributed by atoms with Crippen molar-refractivity contribution < 1.29 is 14.7 Å². The van der Waals surface area contributed by atoms with Gasteiger partial charge < -0.3 is 10.0 Å². The fourth-order valence-corrected chi connectivity index (χ4v) is 3.64. The van der Waals surface area contributed by atoms with Gasteiger partial charge >= 0.3 is 5.97 Å². The Morgan fingerprint density at radius 3 is 2.71 bits per heavy atom. The summed E-state index contributed by atoms with van der Waals surface area (Å²) in [4.78, 5) is 25.1. The lowest BCUT2D eigenvalue weighted by molar-refractivity contribution is -0.137. The number of carboxylic acids is 1. The molecule has 1 aliphatic heterocycles. The normalized spacial score (nSPS) is 22.9. The molecule has 0 aromatic carbocycles. The first-order valence-electron chi connectivity index (χ1n) is 7.58. The monoisotopic (exact) mass is 292 g/mol. The Labute approximate surface area is 122 Å². The highest BCUT2D eigenvalue weighted by molar-refractivity contribution is 5.92. The molecule has 1 aliphatic carbocycles. The van der Waals surface area contributed by atoms with E-state index in [-0.39, 0.29) is 18.1 Å². The van der Waals surface area contributed by atoms with E-state index in [9.17, 15) is 9.59 Å². The molecule has 1 unspecified atom stereocenters. The standard InChI is InChI=1S/C14H20N4O3/c19-13(20)9-17-8-11(15-16-17)14(21)18-7-3-6-12(18)10-4-1-2-5-10/h8,10,12H,1-7,9H2,(H,19,20). The molecule has 1 atom stereocenters. The zero-order valence-electron chi connectivity index (χ0n) is 11.9. The fraction of sp³-hybridized carbons (Fsp3) is 0.714. The van der Waals surface area contributed by atoms with Gasteiger partial charge in [-0.3, -0.25) is 9.59 Å². The quantitative estimate of drug-likeness (QED) is 0.899. The van der Waals surface area contributed by atoms with Crippen molar-refractivity contribution in [2.45, 2.75) is 51.1 Å². The molecule has 7 heteroatoms. The molecule has 0 radical (unpaired) electrons. The van der Waals surface area contributed by atoms with Crippen LogP contribution in [0.3, 0.4) is 0 Å². The van der Waals surface area contributed by atoms with Crippen molar-refractivity contribution in [3.05, 3.63) is 11.9 Å². The van der Waals surface area contributed by atoms with Crippen LogP contribution in [-0.2, 0) is 11.3 Å². The molecule has 7 nitrogen and oxygen atoms in total. The highest BCUT2D eigenvalue weighted by Gasteiger charge is 2.37. The van der Waals surface area contributed by atoms with Crippen molar-refractivity contribution in [3.8, 4) is 0 Å². The van der Waals surface area contributed by atoms with Gasteiger partial charge in [0.1, 0.15) is 6.54 Å². The minimum absolute atomic E-state index is 0.110. The van der Waals surface area contributed by atoms with Crippen molar-refractivity contribution in [2.75, 3.05) is 6.54 Å². The maximum absolute atomic E-state index is 12.6. The lowest BCUT2D eigenvalue weighted by Crippen LogP contribution is -2.39. The minimum atomic E-state index is -0.996. The number of likely N-dealkylation sites (tertiary alicyclic amines) is 1. The summed E-state index contributed by atoms with van der Waals surface area (Å²) in [6, 6.07) is 0.324. The Bertz CT molecular complexity index is 536. The Hall–Kier alpha value is -1.92. The van der Waals surface area contributed by atoms with E-state index in [2.05, 4.69) is 10.3 Å². The SMILES string of the molecule is O=C(O)Cn1cc(C(=O)N2CCCC2C2CCCC2)nn1. The summed E-state index contributed by atoms with van der Waals surface area (Å²) in [5.74, 6) is -0.490. The number of aromatic nitrogens is 3. The number of carbonyl (C=O) groups is 2. The summed E-state index contributed by atoms with van der Waals surface area (Å²) in [7, 11) is 0. The van der Waals surface area contributed by atoms with Crippen LogP contribution in [0.1, 0.15) is 49.0 Å². The van der Waals surface area contributed by atoms with Crippen LogP contribution >= 0.6 is 0 Å². The van der Waals surface area contributed by atoms with E-state index in [0.717, 1.165) is 19.4 Å². The molecule has 1 amide bonds. The van der Waals surface area contributed by atoms with Crippen molar-refractivity contribution in [1.82, 2.24) is 19.9 Å². The van der Waals surface area contributed by atoms with Crippen LogP contribution in [-0.4, -0.2) is 49.5 Å². The van der Waals surface area contributed by atoms with Crippen molar-refractivity contribution >= 4 is 11.9 Å². The molecule has 0 bridgehead atoms. The molecule has 2 fully saturated rings. The third kappa shape index (κ3) is 2.91. The molecule has 3 rings (SSSR count). The van der Waals surface area contributed by atoms with Gasteiger partial charge in [0.25, 0.3) is 5.91 Å². The van der Waals surface area contributed by atoms with Crippen molar-refractivity contribution in [2.24, 2.45) is 5.92 Å². The predicted octanol–water partition coefficient (Wildman–Crippen LogP) is 1.16. The molecule has 2 heterocycles. The second-order valence-corrected chi connectivity index (χ2v) is 5.95. The topological polar surface area (TPSA) is 88.3 Å². The van der Waals surface area contributed by atoms with Crippen LogP contribution in [0.4, 0.5) is 0 Å². The lowest BCUT2D eigenvalue weighted by atomic mass is 9.96. The van der Waals surface area contributed by atoms with E-state index in [0.29, 0.717) is 12.0 Å². The van der Waals surface area contributed by atoms with Crippen LogP contribution in [0, 0.1) is 5.92 Å². The fourth-order valence-electron chi connectivity index (χ4n) is 3.64. The van der Waals surface area contributed by atoms with Gasteiger partial charge in [0.05, 0.1) is 6.20 Å². The smallest absolute Gasteiger partial charge is 0.325 e. The number of hydrogen-bond acceptors (Lipinski definition) is 4. The second kappa shape index (κ2) is 5.83. The number of hydrogen-bond donors (Lipinski definition) is 1. The average molecular weight is 292 g/mol. The average Bonchev–Trinajstić information content (AvgIpc) is 3.18. The van der Waals surface area contributed by atoms with E-state index < -0.39 is 5.97 Å². The highest BCUT2D eigenvalue weighted by atomic mass is 16.4. The van der Waals surface area contributed by atoms with Gasteiger partial charge in [-0.25, -0.2) is 4.68 Å². The predicted molar refractivity (Wildman–Crippen MR) is 73.7 cm³/mol. The first-order chi connectivity index (χ1) is 10.1. The third-order valence-corrected chi connectivity index (χ3v) is 4.56. The number of amides is 1. The maximum Gasteiger partial charge on any atom is 0.325 e. The lowest BCUT2D eigenvalue weighted by Gasteiger charge is -2.28. The molecule has 1 saturated heterocycles. The van der Waals surface area contributed by atoms with Gasteiger partial charge in [-0.2, -0.15) is 0 Å².